The second-order valence-electron chi connectivity index (χ2n) is 5.43. The Balaban J connectivity index is 1.89. The third-order valence-corrected chi connectivity index (χ3v) is 4.04. The molecule has 1 aliphatic heterocycles. The Morgan fingerprint density at radius 2 is 2.00 bits per heavy atom. The molecule has 3 heterocycles. The van der Waals surface area contributed by atoms with Gasteiger partial charge in [0, 0.05) is 31.9 Å². The van der Waals surface area contributed by atoms with Gasteiger partial charge in [0.1, 0.15) is 17.2 Å². The molecule has 0 spiro atoms. The molecule has 0 amide bonds. The lowest BCUT2D eigenvalue weighted by molar-refractivity contribution is 1.05. The van der Waals surface area contributed by atoms with Crippen LogP contribution in [0.2, 0.25) is 0 Å². The standard InChI is InChI=1S/C17H16N6/c1-19-17-16(22-15-8-11(10-18)4-7-23(15)17)12-2-3-13-14(9-12)21-6-5-20-13/h2-4,7-9,19-21H,5-6H2,1H3. The number of nitrogens with zero attached hydrogens (tertiary/aromatic N) is 3. The molecule has 2 aromatic heterocycles. The topological polar surface area (TPSA) is 77.2 Å². The molecule has 0 saturated carbocycles. The van der Waals surface area contributed by atoms with Gasteiger partial charge in [-0.3, -0.25) is 4.40 Å². The summed E-state index contributed by atoms with van der Waals surface area (Å²) >= 11 is 0. The third-order valence-electron chi connectivity index (χ3n) is 4.04. The van der Waals surface area contributed by atoms with Crippen molar-refractivity contribution in [1.82, 2.24) is 9.38 Å². The van der Waals surface area contributed by atoms with E-state index in [2.05, 4.69) is 40.2 Å². The third kappa shape index (κ3) is 2.14. The van der Waals surface area contributed by atoms with E-state index >= 15 is 0 Å². The minimum Gasteiger partial charge on any atom is -0.382 e. The van der Waals surface area contributed by atoms with E-state index in [1.54, 1.807) is 12.1 Å². The van der Waals surface area contributed by atoms with E-state index in [9.17, 15) is 0 Å². The van der Waals surface area contributed by atoms with Gasteiger partial charge in [-0.2, -0.15) is 5.26 Å². The zero-order chi connectivity index (χ0) is 15.8. The molecular formula is C17H16N6. The van der Waals surface area contributed by atoms with Crippen LogP contribution in [0.3, 0.4) is 0 Å². The van der Waals surface area contributed by atoms with Crippen LogP contribution < -0.4 is 16.0 Å². The Morgan fingerprint density at radius 1 is 1.17 bits per heavy atom. The molecule has 4 rings (SSSR count). The number of nitriles is 1. The number of hydrogen-bond acceptors (Lipinski definition) is 5. The van der Waals surface area contributed by atoms with E-state index < -0.39 is 0 Å². The Bertz CT molecular complexity index is 934. The average molecular weight is 304 g/mol. The van der Waals surface area contributed by atoms with Gasteiger partial charge in [0.25, 0.3) is 0 Å². The first-order valence-corrected chi connectivity index (χ1v) is 7.52. The van der Waals surface area contributed by atoms with Crippen LogP contribution in [0.5, 0.6) is 0 Å². The highest BCUT2D eigenvalue weighted by atomic mass is 15.1. The number of aromatic nitrogens is 2. The molecule has 23 heavy (non-hydrogen) atoms. The van der Waals surface area contributed by atoms with Gasteiger partial charge in [-0.1, -0.05) is 6.07 Å². The fourth-order valence-corrected chi connectivity index (χ4v) is 2.94. The molecule has 0 saturated heterocycles. The molecule has 6 heteroatoms. The van der Waals surface area contributed by atoms with Gasteiger partial charge in [0.15, 0.2) is 0 Å². The quantitative estimate of drug-likeness (QED) is 0.678. The summed E-state index contributed by atoms with van der Waals surface area (Å²) in [6.07, 6.45) is 1.87. The lowest BCUT2D eigenvalue weighted by Gasteiger charge is -2.20. The monoisotopic (exact) mass is 304 g/mol. The maximum Gasteiger partial charge on any atom is 0.140 e. The number of fused-ring (bicyclic) bond motifs is 2. The van der Waals surface area contributed by atoms with Crippen molar-refractivity contribution in [2.24, 2.45) is 0 Å². The number of hydrogen-bond donors (Lipinski definition) is 3. The van der Waals surface area contributed by atoms with Gasteiger partial charge in [0.05, 0.1) is 23.0 Å². The summed E-state index contributed by atoms with van der Waals surface area (Å²) in [7, 11) is 1.88. The second kappa shape index (κ2) is 5.21. The van der Waals surface area contributed by atoms with Crippen molar-refractivity contribution in [3.05, 3.63) is 42.1 Å². The van der Waals surface area contributed by atoms with E-state index in [1.807, 2.05) is 17.6 Å². The Hall–Kier alpha value is -3.20. The molecule has 0 fully saturated rings. The van der Waals surface area contributed by atoms with Crippen LogP contribution in [0.1, 0.15) is 5.56 Å². The summed E-state index contributed by atoms with van der Waals surface area (Å²) in [6, 6.07) is 12.0. The maximum absolute atomic E-state index is 9.06. The molecular weight excluding hydrogens is 288 g/mol. The van der Waals surface area contributed by atoms with Gasteiger partial charge in [-0.25, -0.2) is 4.98 Å². The Morgan fingerprint density at radius 3 is 2.78 bits per heavy atom. The summed E-state index contributed by atoms with van der Waals surface area (Å²) in [5.74, 6) is 0.910. The van der Waals surface area contributed by atoms with Crippen LogP contribution in [0, 0.1) is 11.3 Å². The smallest absolute Gasteiger partial charge is 0.140 e. The molecule has 0 unspecified atom stereocenters. The van der Waals surface area contributed by atoms with E-state index in [4.69, 9.17) is 10.2 Å². The SMILES string of the molecule is CNc1c(-c2ccc3c(c2)NCCN3)nc2cc(C#N)ccn12. The first kappa shape index (κ1) is 13.5. The summed E-state index contributed by atoms with van der Waals surface area (Å²) in [4.78, 5) is 4.71. The van der Waals surface area contributed by atoms with Crippen LogP contribution >= 0.6 is 0 Å². The van der Waals surface area contributed by atoms with E-state index in [-0.39, 0.29) is 0 Å². The van der Waals surface area contributed by atoms with Crippen molar-refractivity contribution in [3.8, 4) is 17.3 Å². The molecule has 0 atom stereocenters. The van der Waals surface area contributed by atoms with Crippen LogP contribution in [0.15, 0.2) is 36.5 Å². The van der Waals surface area contributed by atoms with Crippen LogP contribution in [-0.2, 0) is 0 Å². The molecule has 1 aromatic carbocycles. The summed E-state index contributed by atoms with van der Waals surface area (Å²) in [6.45, 7) is 1.84. The molecule has 1 aliphatic rings. The highest BCUT2D eigenvalue weighted by Crippen LogP contribution is 2.34. The first-order chi connectivity index (χ1) is 11.3. The number of rotatable bonds is 2. The van der Waals surface area contributed by atoms with E-state index in [1.165, 1.54) is 0 Å². The summed E-state index contributed by atoms with van der Waals surface area (Å²) in [5, 5.41) is 19.1. The van der Waals surface area contributed by atoms with Crippen molar-refractivity contribution < 1.29 is 0 Å². The minimum atomic E-state index is 0.605. The lowest BCUT2D eigenvalue weighted by Crippen LogP contribution is -2.20. The molecule has 3 N–H and O–H groups in total. The predicted molar refractivity (Wildman–Crippen MR) is 91.9 cm³/mol. The number of benzene rings is 1. The normalized spacial score (nSPS) is 12.9. The van der Waals surface area contributed by atoms with Gasteiger partial charge >= 0.3 is 0 Å². The summed E-state index contributed by atoms with van der Waals surface area (Å²) < 4.78 is 1.96. The largest absolute Gasteiger partial charge is 0.382 e. The molecule has 114 valence electrons. The van der Waals surface area contributed by atoms with E-state index in [0.29, 0.717) is 5.56 Å². The lowest BCUT2D eigenvalue weighted by atomic mass is 10.1. The number of imidazole rings is 1. The first-order valence-electron chi connectivity index (χ1n) is 7.52. The van der Waals surface area contributed by atoms with Crippen LogP contribution in [0.25, 0.3) is 16.9 Å². The predicted octanol–water partition coefficient (Wildman–Crippen LogP) is 2.75. The summed E-state index contributed by atoms with van der Waals surface area (Å²) in [5.41, 5.74) is 5.47. The zero-order valence-electron chi connectivity index (χ0n) is 12.7. The number of anilines is 3. The van der Waals surface area contributed by atoms with Gasteiger partial charge in [-0.05, 0) is 24.3 Å². The van der Waals surface area contributed by atoms with Crippen molar-refractivity contribution in [2.75, 3.05) is 36.1 Å². The van der Waals surface area contributed by atoms with Crippen LogP contribution in [-0.4, -0.2) is 29.5 Å². The van der Waals surface area contributed by atoms with Crippen molar-refractivity contribution in [1.29, 1.82) is 5.26 Å². The molecule has 0 bridgehead atoms. The van der Waals surface area contributed by atoms with Gasteiger partial charge in [0.2, 0.25) is 0 Å². The minimum absolute atomic E-state index is 0.605. The van der Waals surface area contributed by atoms with Crippen molar-refractivity contribution in [2.45, 2.75) is 0 Å². The highest BCUT2D eigenvalue weighted by Gasteiger charge is 2.16. The fourth-order valence-electron chi connectivity index (χ4n) is 2.94. The molecule has 6 nitrogen and oxygen atoms in total. The highest BCUT2D eigenvalue weighted by molar-refractivity contribution is 5.83. The second-order valence-corrected chi connectivity index (χ2v) is 5.43. The van der Waals surface area contributed by atoms with E-state index in [0.717, 1.165) is 47.2 Å². The Kier molecular flexibility index (Phi) is 3.05. The average Bonchev–Trinajstić information content (AvgIpc) is 2.98. The molecule has 0 radical (unpaired) electrons. The molecule has 3 aromatic rings. The van der Waals surface area contributed by atoms with Gasteiger partial charge < -0.3 is 16.0 Å². The number of pyridine rings is 1. The van der Waals surface area contributed by atoms with Crippen LogP contribution in [0.4, 0.5) is 17.2 Å². The van der Waals surface area contributed by atoms with Crippen molar-refractivity contribution in [3.63, 3.8) is 0 Å². The van der Waals surface area contributed by atoms with Gasteiger partial charge in [-0.15, -0.1) is 0 Å². The number of nitrogens with one attached hydrogen (secondary N) is 3. The maximum atomic E-state index is 9.06. The zero-order valence-corrected chi connectivity index (χ0v) is 12.7. The Labute approximate surface area is 133 Å². The molecule has 0 aliphatic carbocycles. The van der Waals surface area contributed by atoms with Crippen molar-refractivity contribution >= 4 is 22.8 Å². The fraction of sp³-hybridized carbons (Fsp3) is 0.176.